The summed E-state index contributed by atoms with van der Waals surface area (Å²) in [5.74, 6) is -0.306. The molecule has 0 atom stereocenters. The van der Waals surface area contributed by atoms with E-state index in [-0.39, 0.29) is 23.8 Å². The molecular formula is C22H19N3O4. The van der Waals surface area contributed by atoms with Crippen LogP contribution in [0.2, 0.25) is 0 Å². The van der Waals surface area contributed by atoms with Crippen molar-refractivity contribution in [2.75, 3.05) is 5.32 Å². The van der Waals surface area contributed by atoms with E-state index in [1.165, 1.54) is 10.9 Å². The number of amides is 1. The van der Waals surface area contributed by atoms with Crippen molar-refractivity contribution in [2.45, 2.75) is 26.3 Å². The Balaban J connectivity index is 1.56. The first-order chi connectivity index (χ1) is 14.1. The Labute approximate surface area is 166 Å². The van der Waals surface area contributed by atoms with Crippen molar-refractivity contribution in [3.63, 3.8) is 0 Å². The Morgan fingerprint density at radius 3 is 2.62 bits per heavy atom. The topological polar surface area (TPSA) is 94.2 Å². The lowest BCUT2D eigenvalue weighted by Gasteiger charge is -2.07. The Kier molecular flexibility index (Phi) is 4.95. The maximum Gasteiger partial charge on any atom is 0.297 e. The summed E-state index contributed by atoms with van der Waals surface area (Å²) in [4.78, 5) is 41.3. The van der Waals surface area contributed by atoms with Gasteiger partial charge in [0, 0.05) is 23.1 Å². The second-order valence-electron chi connectivity index (χ2n) is 6.75. The van der Waals surface area contributed by atoms with Crippen LogP contribution in [0.3, 0.4) is 0 Å². The number of rotatable bonds is 6. The molecule has 0 aliphatic carbocycles. The van der Waals surface area contributed by atoms with Gasteiger partial charge >= 0.3 is 0 Å². The predicted octanol–water partition coefficient (Wildman–Crippen LogP) is 3.76. The molecule has 0 aliphatic heterocycles. The number of para-hydroxylation sites is 1. The largest absolute Gasteiger partial charge is 0.448 e. The number of carbonyl (C=O) groups is 2. The number of Topliss-reactive ketones (excluding diaryl/α,β-unsaturated/α-hetero) is 1. The van der Waals surface area contributed by atoms with Crippen molar-refractivity contribution >= 4 is 39.4 Å². The number of hydrogen-bond acceptors (Lipinski definition) is 5. The number of fused-ring (bicyclic) bond motifs is 3. The minimum atomic E-state index is -0.400. The summed E-state index contributed by atoms with van der Waals surface area (Å²) in [6.07, 6.45) is 2.57. The third-order valence-electron chi connectivity index (χ3n) is 4.63. The summed E-state index contributed by atoms with van der Waals surface area (Å²) in [5, 5.41) is 3.54. The van der Waals surface area contributed by atoms with Gasteiger partial charge in [0.1, 0.15) is 11.1 Å². The van der Waals surface area contributed by atoms with E-state index < -0.39 is 5.56 Å². The average molecular weight is 389 g/mol. The van der Waals surface area contributed by atoms with E-state index in [1.54, 1.807) is 30.3 Å². The van der Waals surface area contributed by atoms with Crippen LogP contribution in [0.15, 0.2) is 64.1 Å². The fourth-order valence-corrected chi connectivity index (χ4v) is 3.16. The Bertz CT molecular complexity index is 1270. The molecule has 0 fully saturated rings. The molecule has 0 saturated heterocycles. The molecule has 4 rings (SSSR count). The summed E-state index contributed by atoms with van der Waals surface area (Å²) >= 11 is 0. The number of nitrogens with zero attached hydrogens (tertiary/aromatic N) is 2. The van der Waals surface area contributed by atoms with Crippen LogP contribution in [0.25, 0.3) is 22.1 Å². The lowest BCUT2D eigenvalue weighted by Crippen LogP contribution is -2.24. The van der Waals surface area contributed by atoms with Gasteiger partial charge in [-0.3, -0.25) is 19.0 Å². The van der Waals surface area contributed by atoms with Crippen molar-refractivity contribution in [3.05, 3.63) is 70.8 Å². The fraction of sp³-hybridized carbons (Fsp3) is 0.182. The molecule has 0 aliphatic rings. The van der Waals surface area contributed by atoms with E-state index in [9.17, 15) is 14.4 Å². The molecule has 2 aromatic carbocycles. The molecular weight excluding hydrogens is 370 g/mol. The average Bonchev–Trinajstić information content (AvgIpc) is 3.10. The predicted molar refractivity (Wildman–Crippen MR) is 110 cm³/mol. The molecule has 1 N–H and O–H groups in total. The summed E-state index contributed by atoms with van der Waals surface area (Å²) in [6, 6.07) is 13.9. The van der Waals surface area contributed by atoms with Crippen LogP contribution in [0, 0.1) is 0 Å². The Morgan fingerprint density at radius 2 is 1.86 bits per heavy atom. The zero-order valence-electron chi connectivity index (χ0n) is 15.8. The monoisotopic (exact) mass is 389 g/mol. The van der Waals surface area contributed by atoms with E-state index in [1.807, 2.05) is 25.1 Å². The highest BCUT2D eigenvalue weighted by Gasteiger charge is 2.15. The molecule has 4 aromatic rings. The van der Waals surface area contributed by atoms with E-state index in [4.69, 9.17) is 4.42 Å². The molecule has 2 heterocycles. The van der Waals surface area contributed by atoms with Gasteiger partial charge in [0.15, 0.2) is 5.78 Å². The van der Waals surface area contributed by atoms with Crippen molar-refractivity contribution in [1.82, 2.24) is 9.55 Å². The normalized spacial score (nSPS) is 11.1. The molecule has 7 nitrogen and oxygen atoms in total. The second-order valence-corrected chi connectivity index (χ2v) is 6.75. The lowest BCUT2D eigenvalue weighted by molar-refractivity contribution is -0.116. The molecule has 1 amide bonds. The number of anilines is 1. The van der Waals surface area contributed by atoms with E-state index in [0.717, 1.165) is 11.8 Å². The molecule has 0 unspecified atom stereocenters. The number of benzene rings is 2. The highest BCUT2D eigenvalue weighted by molar-refractivity contribution is 6.02. The first-order valence-electron chi connectivity index (χ1n) is 9.36. The molecule has 0 saturated carbocycles. The van der Waals surface area contributed by atoms with E-state index in [2.05, 4.69) is 10.3 Å². The molecule has 7 heteroatoms. The number of nitrogens with one attached hydrogen (secondary N) is 1. The molecule has 29 heavy (non-hydrogen) atoms. The van der Waals surface area contributed by atoms with E-state index >= 15 is 0 Å². The van der Waals surface area contributed by atoms with Crippen LogP contribution in [-0.4, -0.2) is 21.2 Å². The summed E-state index contributed by atoms with van der Waals surface area (Å²) in [5.41, 5.74) is 1.87. The maximum atomic E-state index is 12.7. The number of hydrogen-bond donors (Lipinski definition) is 1. The summed E-state index contributed by atoms with van der Waals surface area (Å²) in [6.45, 7) is 1.78. The van der Waals surface area contributed by atoms with Gasteiger partial charge < -0.3 is 9.73 Å². The molecule has 0 spiro atoms. The first kappa shape index (κ1) is 18.6. The highest BCUT2D eigenvalue weighted by Crippen LogP contribution is 2.24. The zero-order valence-corrected chi connectivity index (χ0v) is 15.8. The standard InChI is InChI=1S/C22H19N3O4/c1-2-5-19(27)24-15-10-8-14(9-11-15)17(26)12-25-13-23-20-16-6-3-4-7-18(16)29-21(20)22(25)28/h3-4,6-11,13H,2,5,12H2,1H3,(H,24,27). The van der Waals surface area contributed by atoms with Gasteiger partial charge in [0.2, 0.25) is 11.5 Å². The summed E-state index contributed by atoms with van der Waals surface area (Å²) < 4.78 is 6.88. The van der Waals surface area contributed by atoms with Gasteiger partial charge in [-0.1, -0.05) is 19.1 Å². The van der Waals surface area contributed by atoms with Gasteiger partial charge in [-0.15, -0.1) is 0 Å². The Morgan fingerprint density at radius 1 is 1.10 bits per heavy atom. The number of aromatic nitrogens is 2. The third kappa shape index (κ3) is 3.67. The maximum absolute atomic E-state index is 12.7. The van der Waals surface area contributed by atoms with Gasteiger partial charge in [-0.2, -0.15) is 0 Å². The van der Waals surface area contributed by atoms with Crippen molar-refractivity contribution in [3.8, 4) is 0 Å². The summed E-state index contributed by atoms with van der Waals surface area (Å²) in [7, 11) is 0. The van der Waals surface area contributed by atoms with Gasteiger partial charge in [0.25, 0.3) is 5.56 Å². The van der Waals surface area contributed by atoms with Crippen LogP contribution >= 0.6 is 0 Å². The van der Waals surface area contributed by atoms with Gasteiger partial charge in [-0.25, -0.2) is 4.98 Å². The van der Waals surface area contributed by atoms with Crippen molar-refractivity contribution in [1.29, 1.82) is 0 Å². The van der Waals surface area contributed by atoms with Crippen LogP contribution < -0.4 is 10.9 Å². The molecule has 0 bridgehead atoms. The minimum absolute atomic E-state index is 0.0664. The quantitative estimate of drug-likeness (QED) is 0.507. The SMILES string of the molecule is CCCC(=O)Nc1ccc(C(=O)Cn2cnc3c(oc4ccccc43)c2=O)cc1. The van der Waals surface area contributed by atoms with Crippen LogP contribution in [0.4, 0.5) is 5.69 Å². The van der Waals surface area contributed by atoms with Crippen molar-refractivity contribution in [2.24, 2.45) is 0 Å². The fourth-order valence-electron chi connectivity index (χ4n) is 3.16. The first-order valence-corrected chi connectivity index (χ1v) is 9.36. The van der Waals surface area contributed by atoms with Crippen LogP contribution in [-0.2, 0) is 11.3 Å². The number of carbonyl (C=O) groups excluding carboxylic acids is 2. The van der Waals surface area contributed by atoms with Crippen molar-refractivity contribution < 1.29 is 14.0 Å². The van der Waals surface area contributed by atoms with Gasteiger partial charge in [-0.05, 0) is 42.8 Å². The highest BCUT2D eigenvalue weighted by atomic mass is 16.3. The minimum Gasteiger partial charge on any atom is -0.448 e. The second kappa shape index (κ2) is 7.71. The molecule has 0 radical (unpaired) electrons. The third-order valence-corrected chi connectivity index (χ3v) is 4.63. The lowest BCUT2D eigenvalue weighted by atomic mass is 10.1. The smallest absolute Gasteiger partial charge is 0.297 e. The van der Waals surface area contributed by atoms with Crippen LogP contribution in [0.5, 0.6) is 0 Å². The molecule has 2 aromatic heterocycles. The number of furan rings is 1. The zero-order chi connectivity index (χ0) is 20.4. The van der Waals surface area contributed by atoms with E-state index in [0.29, 0.717) is 28.8 Å². The van der Waals surface area contributed by atoms with Gasteiger partial charge in [0.05, 0.1) is 12.9 Å². The molecule has 146 valence electrons. The Hall–Kier alpha value is -3.74. The number of ketones is 1. The van der Waals surface area contributed by atoms with Crippen LogP contribution in [0.1, 0.15) is 30.1 Å².